The van der Waals surface area contributed by atoms with Crippen molar-refractivity contribution in [1.29, 1.82) is 0 Å². The number of benzene rings is 1. The van der Waals surface area contributed by atoms with Crippen molar-refractivity contribution in [2.75, 3.05) is 32.8 Å². The van der Waals surface area contributed by atoms with Gasteiger partial charge in [0.2, 0.25) is 0 Å². The first-order chi connectivity index (χ1) is 11.7. The van der Waals surface area contributed by atoms with Gasteiger partial charge in [-0.05, 0) is 13.1 Å². The number of amides is 1. The smallest absolute Gasteiger partial charge is 0.0211 e. The number of nitrogens with zero attached hydrogens (tertiary/aromatic N) is 1. The number of rotatable bonds is 4. The molecule has 0 unspecified atom stereocenters. The van der Waals surface area contributed by atoms with Crippen LogP contribution in [0.2, 0.25) is 0 Å². The minimum Gasteiger partial charge on any atom is -0.455 e. The van der Waals surface area contributed by atoms with E-state index in [1.165, 1.54) is 0 Å². The minimum absolute atomic E-state index is 0.0400. The summed E-state index contributed by atoms with van der Waals surface area (Å²) in [6.45, 7) is 5.78. The van der Waals surface area contributed by atoms with E-state index in [-0.39, 0.29) is 12.5 Å². The molecule has 2 N–H and O–H groups in total. The molecule has 2 saturated heterocycles. The molecule has 0 spiro atoms. The Kier molecular flexibility index (Phi) is 9.21. The Bertz CT molecular complexity index is 550. The summed E-state index contributed by atoms with van der Waals surface area (Å²) < 4.78 is 7.42. The molecule has 5 nitrogen and oxygen atoms in total. The maximum absolute atomic E-state index is 11.9. The van der Waals surface area contributed by atoms with Gasteiger partial charge in [0, 0.05) is 0 Å². The fourth-order valence-electron chi connectivity index (χ4n) is 2.34. The van der Waals surface area contributed by atoms with Crippen molar-refractivity contribution in [2.24, 2.45) is 0 Å². The van der Waals surface area contributed by atoms with Gasteiger partial charge < -0.3 is 10.6 Å². The van der Waals surface area contributed by atoms with Crippen LogP contribution >= 0.6 is 19.4 Å². The van der Waals surface area contributed by atoms with Crippen LogP contribution in [0, 0.1) is 6.67 Å². The normalized spacial score (nSPS) is 17.1. The number of nitrogens with one attached hydrogen (secondary N) is 2. The summed E-state index contributed by atoms with van der Waals surface area (Å²) in [5.74, 6) is 0.702. The van der Waals surface area contributed by atoms with E-state index in [0.29, 0.717) is 5.75 Å². The monoisotopic (exact) mass is 460 g/mol. The van der Waals surface area contributed by atoms with Crippen molar-refractivity contribution in [1.82, 2.24) is 15.5 Å². The van der Waals surface area contributed by atoms with E-state index in [1.54, 1.807) is 0 Å². The van der Waals surface area contributed by atoms with Crippen LogP contribution in [-0.4, -0.2) is 48.2 Å². The van der Waals surface area contributed by atoms with Crippen LogP contribution < -0.4 is 15.4 Å². The number of halogens is 2. The molecule has 24 heavy (non-hydrogen) atoms. The first kappa shape index (κ1) is 19.8. The van der Waals surface area contributed by atoms with Crippen molar-refractivity contribution < 1.29 is 23.0 Å². The van der Waals surface area contributed by atoms with Gasteiger partial charge in [0.15, 0.2) is 0 Å². The molecular weight excluding hydrogens is 438 g/mol. The van der Waals surface area contributed by atoms with E-state index in [9.17, 15) is 4.79 Å². The van der Waals surface area contributed by atoms with Crippen molar-refractivity contribution >= 4 is 29.9 Å². The summed E-state index contributed by atoms with van der Waals surface area (Å²) in [6, 6.07) is 7.48. The second kappa shape index (κ2) is 11.2. The first-order valence-corrected chi connectivity index (χ1v) is 13.3. The van der Waals surface area contributed by atoms with Gasteiger partial charge in [-0.3, -0.25) is 0 Å². The Morgan fingerprint density at radius 1 is 1.25 bits per heavy atom. The van der Waals surface area contributed by atoms with Gasteiger partial charge in [-0.25, -0.2) is 6.67 Å². The predicted octanol–water partition coefficient (Wildman–Crippen LogP) is 2.06. The molecule has 0 atom stereocenters. The number of hydrogen-bond acceptors (Lipinski definition) is 4. The van der Waals surface area contributed by atoms with Crippen molar-refractivity contribution in [2.45, 2.75) is 12.8 Å². The third-order valence-corrected chi connectivity index (χ3v) is 5.37. The average Bonchev–Trinajstić information content (AvgIpc) is 3.28. The molecule has 1 amide bonds. The first-order valence-electron chi connectivity index (χ1n) is 7.78. The summed E-state index contributed by atoms with van der Waals surface area (Å²) in [7, 11) is 11.7. The molecule has 1 aromatic carbocycles. The van der Waals surface area contributed by atoms with Crippen LogP contribution in [0.5, 0.6) is 5.75 Å². The molecule has 0 aliphatic carbocycles. The Hall–Kier alpha value is -0.517. The summed E-state index contributed by atoms with van der Waals surface area (Å²) in [5, 5.41) is 5.97. The maximum Gasteiger partial charge on any atom is -0.0211 e. The third kappa shape index (κ3) is 7.16. The van der Waals surface area contributed by atoms with E-state index < -0.39 is 13.5 Å². The van der Waals surface area contributed by atoms with Crippen molar-refractivity contribution in [3.63, 3.8) is 0 Å². The number of ether oxygens (including phenoxy) is 1. The van der Waals surface area contributed by atoms with E-state index in [4.69, 9.17) is 24.1 Å². The molecule has 0 aromatic heterocycles. The second-order valence-electron chi connectivity index (χ2n) is 5.27. The van der Waals surface area contributed by atoms with Gasteiger partial charge in [0.05, 0.1) is 0 Å². The van der Waals surface area contributed by atoms with Crippen LogP contribution in [-0.2, 0) is 18.3 Å². The third-order valence-electron chi connectivity index (χ3n) is 3.53. The molecule has 2 aliphatic heterocycles. The standard InChI is InChI=1S/C13H15NO2.C3H7N2.2ClH.Ru/c1-11-6-2-3-7-12(11)16-10-13(15)14-8-4-5-9-14;1-2-5-3-4-1;;;/h1-3,6-7H,4-5,8-10H2;3-5H,1-2H2;2*1H;/q;-1;;;+2/p-2. The van der Waals surface area contributed by atoms with Crippen LogP contribution in [0.1, 0.15) is 18.4 Å². The number of carbonyl (C=O) groups excluding carboxylic acids is 1. The maximum atomic E-state index is 11.9. The molecule has 2 aliphatic rings. The van der Waals surface area contributed by atoms with E-state index >= 15 is 0 Å². The van der Waals surface area contributed by atoms with Crippen molar-refractivity contribution in [3.8, 4) is 5.75 Å². The summed E-state index contributed by atoms with van der Waals surface area (Å²) >= 11 is -1.89. The van der Waals surface area contributed by atoms with Crippen LogP contribution in [0.25, 0.3) is 0 Å². The zero-order chi connectivity index (χ0) is 17.2. The summed E-state index contributed by atoms with van der Waals surface area (Å²) in [6.07, 6.45) is 2.17. The average molecular weight is 460 g/mol. The van der Waals surface area contributed by atoms with Gasteiger partial charge in [-0.15, -0.1) is 0 Å². The largest absolute Gasteiger partial charge is 0.455 e. The van der Waals surface area contributed by atoms with Gasteiger partial charge in [-0.1, -0.05) is 0 Å². The molecular formula is C16H22Cl2N3O2Ru-. The van der Waals surface area contributed by atoms with E-state index in [2.05, 4.69) is 10.6 Å². The molecule has 1 aromatic rings. The molecule has 0 saturated carbocycles. The zero-order valence-electron chi connectivity index (χ0n) is 13.3. The predicted molar refractivity (Wildman–Crippen MR) is 94.9 cm³/mol. The van der Waals surface area contributed by atoms with Gasteiger partial charge in [0.25, 0.3) is 0 Å². The van der Waals surface area contributed by atoms with Crippen molar-refractivity contribution in [3.05, 3.63) is 36.5 Å². The zero-order valence-corrected chi connectivity index (χ0v) is 16.5. The SMILES string of the molecule is O=C(COc1ccccc1[CH]=[Ru]([Cl])[Cl])N1CCCC1.[CH-]1NCCN1. The van der Waals surface area contributed by atoms with Crippen LogP contribution in [0.15, 0.2) is 24.3 Å². The summed E-state index contributed by atoms with van der Waals surface area (Å²) in [4.78, 5) is 13.7. The topological polar surface area (TPSA) is 53.6 Å². The Balaban J connectivity index is 0.000000355. The number of hydrogen-bond donors (Lipinski definition) is 2. The van der Waals surface area contributed by atoms with Crippen LogP contribution in [0.3, 0.4) is 0 Å². The molecule has 2 heterocycles. The number of carbonyl (C=O) groups is 1. The molecule has 0 radical (unpaired) electrons. The second-order valence-corrected chi connectivity index (χ2v) is 11.0. The van der Waals surface area contributed by atoms with E-state index in [0.717, 1.165) is 44.6 Å². The van der Waals surface area contributed by atoms with Gasteiger partial charge >= 0.3 is 126 Å². The van der Waals surface area contributed by atoms with Gasteiger partial charge in [-0.2, -0.15) is 0 Å². The molecule has 0 bridgehead atoms. The van der Waals surface area contributed by atoms with Gasteiger partial charge in [0.1, 0.15) is 0 Å². The molecule has 136 valence electrons. The quantitative estimate of drug-likeness (QED) is 0.534. The Morgan fingerprint density at radius 2 is 1.92 bits per heavy atom. The molecule has 2 fully saturated rings. The number of para-hydroxylation sites is 1. The Labute approximate surface area is 156 Å². The fraction of sp³-hybridized carbons (Fsp3) is 0.438. The number of likely N-dealkylation sites (tertiary alicyclic amines) is 1. The molecule has 8 heteroatoms. The summed E-state index contributed by atoms with van der Waals surface area (Å²) in [5.41, 5.74) is 0.862. The van der Waals surface area contributed by atoms with E-state index in [1.807, 2.05) is 40.4 Å². The fourth-order valence-corrected chi connectivity index (χ4v) is 4.14. The molecule has 3 rings (SSSR count). The van der Waals surface area contributed by atoms with Crippen LogP contribution in [0.4, 0.5) is 0 Å². The minimum atomic E-state index is -1.89. The Morgan fingerprint density at radius 3 is 2.50 bits per heavy atom.